The molecular formula is C22H28N2O6. The maximum atomic E-state index is 12.9. The van der Waals surface area contributed by atoms with E-state index < -0.39 is 12.0 Å². The van der Waals surface area contributed by atoms with Crippen LogP contribution in [0.5, 0.6) is 5.75 Å². The van der Waals surface area contributed by atoms with Gasteiger partial charge in [-0.05, 0) is 25.3 Å². The van der Waals surface area contributed by atoms with Crippen LogP contribution < -0.4 is 15.4 Å². The molecule has 1 aliphatic rings. The maximum Gasteiger partial charge on any atom is 0.328 e. The number of methoxy groups -OCH3 is 1. The van der Waals surface area contributed by atoms with E-state index in [4.69, 9.17) is 9.47 Å². The third kappa shape index (κ3) is 5.25. The molecule has 0 saturated carbocycles. The topological polar surface area (TPSA) is 111 Å². The molecule has 0 spiro atoms. The Morgan fingerprint density at radius 1 is 1.13 bits per heavy atom. The summed E-state index contributed by atoms with van der Waals surface area (Å²) in [6.45, 7) is 6.91. The predicted molar refractivity (Wildman–Crippen MR) is 110 cm³/mol. The van der Waals surface area contributed by atoms with Crippen LogP contribution in [0.15, 0.2) is 29.5 Å². The van der Waals surface area contributed by atoms with Gasteiger partial charge in [0.2, 0.25) is 11.7 Å². The number of esters is 1. The molecule has 0 heterocycles. The Bertz CT molecular complexity index is 888. The van der Waals surface area contributed by atoms with Crippen molar-refractivity contribution in [2.45, 2.75) is 40.2 Å². The summed E-state index contributed by atoms with van der Waals surface area (Å²) in [7, 11) is 1.44. The zero-order valence-electron chi connectivity index (χ0n) is 18.0. The van der Waals surface area contributed by atoms with Gasteiger partial charge in [0, 0.05) is 24.6 Å². The van der Waals surface area contributed by atoms with Crippen molar-refractivity contribution in [2.24, 2.45) is 5.92 Å². The molecule has 0 radical (unpaired) electrons. The third-order valence-electron chi connectivity index (χ3n) is 4.68. The van der Waals surface area contributed by atoms with Crippen LogP contribution >= 0.6 is 0 Å². The molecule has 0 saturated heterocycles. The zero-order valence-corrected chi connectivity index (χ0v) is 18.0. The number of fused-ring (bicyclic) bond motifs is 1. The van der Waals surface area contributed by atoms with Gasteiger partial charge in [-0.2, -0.15) is 0 Å². The average molecular weight is 416 g/mol. The van der Waals surface area contributed by atoms with Crippen LogP contribution in [0.2, 0.25) is 0 Å². The van der Waals surface area contributed by atoms with Gasteiger partial charge in [-0.1, -0.05) is 26.0 Å². The van der Waals surface area contributed by atoms with Crippen molar-refractivity contribution < 1.29 is 28.7 Å². The number of carbonyl (C=O) groups excluding carboxylic acids is 4. The monoisotopic (exact) mass is 416 g/mol. The minimum absolute atomic E-state index is 0.0238. The Morgan fingerprint density at radius 3 is 2.43 bits per heavy atom. The highest BCUT2D eigenvalue weighted by molar-refractivity contribution is 6.27. The largest absolute Gasteiger partial charge is 0.496 e. The Balaban J connectivity index is 2.02. The summed E-state index contributed by atoms with van der Waals surface area (Å²) >= 11 is 0. The van der Waals surface area contributed by atoms with Crippen molar-refractivity contribution in [3.05, 3.63) is 40.6 Å². The van der Waals surface area contributed by atoms with E-state index in [0.717, 1.165) is 0 Å². The highest BCUT2D eigenvalue weighted by atomic mass is 16.5. The minimum atomic E-state index is -0.725. The molecule has 0 unspecified atom stereocenters. The number of Topliss-reactive ketones (excluding diaryl/α,β-unsaturated/α-hetero) is 2. The van der Waals surface area contributed by atoms with Gasteiger partial charge in [0.05, 0.1) is 18.4 Å². The first-order chi connectivity index (χ1) is 14.2. The van der Waals surface area contributed by atoms with Gasteiger partial charge in [0.25, 0.3) is 0 Å². The molecule has 0 aliphatic heterocycles. The number of allylic oxidation sites excluding steroid dienone is 2. The molecule has 0 aromatic heterocycles. The number of amides is 1. The molecule has 8 nitrogen and oxygen atoms in total. The van der Waals surface area contributed by atoms with Crippen LogP contribution in [0.3, 0.4) is 0 Å². The van der Waals surface area contributed by atoms with Crippen molar-refractivity contribution >= 4 is 23.4 Å². The van der Waals surface area contributed by atoms with Crippen molar-refractivity contribution in [3.8, 4) is 5.75 Å². The molecule has 0 bridgehead atoms. The van der Waals surface area contributed by atoms with E-state index in [0.29, 0.717) is 23.3 Å². The molecule has 1 aliphatic carbocycles. The summed E-state index contributed by atoms with van der Waals surface area (Å²) in [6, 6.07) is 4.16. The number of ether oxygens (including phenoxy) is 2. The molecule has 0 fully saturated rings. The number of rotatable bonds is 9. The molecule has 1 aromatic rings. The van der Waals surface area contributed by atoms with E-state index >= 15 is 0 Å². The second kappa shape index (κ2) is 10.0. The highest BCUT2D eigenvalue weighted by Crippen LogP contribution is 2.31. The molecule has 8 heteroatoms. The first-order valence-electron chi connectivity index (χ1n) is 9.82. The second-order valence-corrected chi connectivity index (χ2v) is 7.52. The van der Waals surface area contributed by atoms with Crippen molar-refractivity contribution in [3.63, 3.8) is 0 Å². The smallest absolute Gasteiger partial charge is 0.328 e. The Kier molecular flexibility index (Phi) is 7.74. The number of ketones is 2. The van der Waals surface area contributed by atoms with E-state index in [1.807, 2.05) is 13.8 Å². The van der Waals surface area contributed by atoms with Crippen molar-refractivity contribution in [2.75, 3.05) is 20.3 Å². The van der Waals surface area contributed by atoms with Gasteiger partial charge in [-0.15, -0.1) is 0 Å². The number of nitrogens with one attached hydrogen (secondary N) is 2. The summed E-state index contributed by atoms with van der Waals surface area (Å²) in [6.07, 6.45) is 0.458. The Hall–Kier alpha value is -3.16. The normalized spacial score (nSPS) is 14.3. The van der Waals surface area contributed by atoms with Crippen LogP contribution in [0.25, 0.3) is 0 Å². The second-order valence-electron chi connectivity index (χ2n) is 7.52. The first-order valence-corrected chi connectivity index (χ1v) is 9.82. The number of hydrogen-bond acceptors (Lipinski definition) is 7. The van der Waals surface area contributed by atoms with Crippen LogP contribution in [0.1, 0.15) is 54.8 Å². The lowest BCUT2D eigenvalue weighted by atomic mass is 9.87. The molecule has 1 atom stereocenters. The summed E-state index contributed by atoms with van der Waals surface area (Å²) in [5.74, 6) is -0.926. The van der Waals surface area contributed by atoms with Gasteiger partial charge in [0.15, 0.2) is 5.78 Å². The highest BCUT2D eigenvalue weighted by Gasteiger charge is 2.32. The van der Waals surface area contributed by atoms with Gasteiger partial charge in [-0.25, -0.2) is 4.79 Å². The Labute approximate surface area is 176 Å². The Morgan fingerprint density at radius 2 is 1.83 bits per heavy atom. The van der Waals surface area contributed by atoms with Crippen molar-refractivity contribution in [1.82, 2.24) is 10.6 Å². The van der Waals surface area contributed by atoms with E-state index in [9.17, 15) is 19.2 Å². The zero-order chi connectivity index (χ0) is 22.4. The molecule has 2 rings (SSSR count). The average Bonchev–Trinajstić information content (AvgIpc) is 2.69. The van der Waals surface area contributed by atoms with Gasteiger partial charge >= 0.3 is 5.97 Å². The fraction of sp³-hybridized carbons (Fsp3) is 0.455. The number of carbonyl (C=O) groups is 4. The summed E-state index contributed by atoms with van der Waals surface area (Å²) in [5.41, 5.74) is 0.982. The van der Waals surface area contributed by atoms with E-state index in [1.54, 1.807) is 25.1 Å². The van der Waals surface area contributed by atoms with Gasteiger partial charge in [-0.3, -0.25) is 14.4 Å². The number of benzene rings is 1. The summed E-state index contributed by atoms with van der Waals surface area (Å²) in [5, 5.41) is 5.50. The van der Waals surface area contributed by atoms with Gasteiger partial charge in [0.1, 0.15) is 18.4 Å². The standard InChI is InChI=1S/C22H28N2O6/c1-12(2)11-16(24-14(4)25)22(28)30-10-9-23-19-13(3)20(26)15-7-6-8-17(29-5)18(15)21(19)27/h6-8,12,16,23H,9-11H2,1-5H3,(H,24,25)/t16-/m0/s1. The lowest BCUT2D eigenvalue weighted by Crippen LogP contribution is -2.42. The van der Waals surface area contributed by atoms with E-state index in [1.165, 1.54) is 14.0 Å². The molecule has 162 valence electrons. The fourth-order valence-electron chi connectivity index (χ4n) is 3.31. The van der Waals surface area contributed by atoms with Crippen LogP contribution in [-0.4, -0.2) is 49.7 Å². The maximum absolute atomic E-state index is 12.9. The number of hydrogen-bond donors (Lipinski definition) is 2. The van der Waals surface area contributed by atoms with Crippen molar-refractivity contribution in [1.29, 1.82) is 0 Å². The fourth-order valence-corrected chi connectivity index (χ4v) is 3.31. The first kappa shape index (κ1) is 23.1. The van der Waals surface area contributed by atoms with E-state index in [2.05, 4.69) is 10.6 Å². The predicted octanol–water partition coefficient (Wildman–Crippen LogP) is 2.03. The quantitative estimate of drug-likeness (QED) is 0.468. The molecular weight excluding hydrogens is 388 g/mol. The van der Waals surface area contributed by atoms with E-state index in [-0.39, 0.29) is 47.8 Å². The molecule has 2 N–H and O–H groups in total. The molecule has 1 aromatic carbocycles. The minimum Gasteiger partial charge on any atom is -0.496 e. The summed E-state index contributed by atoms with van der Waals surface area (Å²) < 4.78 is 10.5. The van der Waals surface area contributed by atoms with Crippen LogP contribution in [0, 0.1) is 5.92 Å². The lowest BCUT2D eigenvalue weighted by molar-refractivity contribution is -0.148. The summed E-state index contributed by atoms with van der Waals surface area (Å²) in [4.78, 5) is 49.2. The van der Waals surface area contributed by atoms with Crippen LogP contribution in [-0.2, 0) is 14.3 Å². The molecule has 30 heavy (non-hydrogen) atoms. The molecule has 1 amide bonds. The van der Waals surface area contributed by atoms with Gasteiger partial charge < -0.3 is 20.1 Å². The van der Waals surface area contributed by atoms with Crippen LogP contribution in [0.4, 0.5) is 0 Å². The lowest BCUT2D eigenvalue weighted by Gasteiger charge is -2.22. The SMILES string of the molecule is COc1cccc2c1C(=O)C(NCCOC(=O)[C@H](CC(C)C)NC(C)=O)=C(C)C2=O. The third-order valence-corrected chi connectivity index (χ3v) is 4.68.